The molecular weight excluding hydrogens is 274 g/mol. The van der Waals surface area contributed by atoms with E-state index in [1.54, 1.807) is 0 Å². The Kier molecular flexibility index (Phi) is 4.33. The molecule has 1 aliphatic carbocycles. The first-order valence-corrected chi connectivity index (χ1v) is 7.63. The molecule has 0 bridgehead atoms. The third-order valence-electron chi connectivity index (χ3n) is 3.88. The van der Waals surface area contributed by atoms with Gasteiger partial charge in [0.15, 0.2) is 0 Å². The predicted molar refractivity (Wildman–Crippen MR) is 86.9 cm³/mol. The van der Waals surface area contributed by atoms with Crippen LogP contribution in [0, 0.1) is 6.92 Å². The number of benzene rings is 2. The van der Waals surface area contributed by atoms with Gasteiger partial charge in [0.05, 0.1) is 12.1 Å². The fourth-order valence-electron chi connectivity index (χ4n) is 2.79. The van der Waals surface area contributed by atoms with Crippen LogP contribution in [0.5, 0.6) is 0 Å². The van der Waals surface area contributed by atoms with Crippen LogP contribution in [0.15, 0.2) is 53.7 Å². The Bertz CT molecular complexity index is 705. The lowest BCUT2D eigenvalue weighted by molar-refractivity contribution is -0.142. The maximum absolute atomic E-state index is 11.9. The van der Waals surface area contributed by atoms with Crippen molar-refractivity contribution in [3.8, 4) is 0 Å². The highest BCUT2D eigenvalue weighted by Crippen LogP contribution is 2.23. The van der Waals surface area contributed by atoms with Gasteiger partial charge < -0.3 is 4.84 Å². The summed E-state index contributed by atoms with van der Waals surface area (Å²) in [6.07, 6.45) is 3.21. The lowest BCUT2D eigenvalue weighted by Gasteiger charge is -2.17. The van der Waals surface area contributed by atoms with Gasteiger partial charge in [-0.1, -0.05) is 59.3 Å². The second-order valence-corrected chi connectivity index (χ2v) is 5.68. The maximum Gasteiger partial charge on any atom is 0.339 e. The van der Waals surface area contributed by atoms with Crippen LogP contribution < -0.4 is 0 Å². The van der Waals surface area contributed by atoms with Gasteiger partial charge in [-0.2, -0.15) is 0 Å². The molecule has 0 N–H and O–H groups in total. The van der Waals surface area contributed by atoms with Gasteiger partial charge in [-0.05, 0) is 37.3 Å². The van der Waals surface area contributed by atoms with Crippen LogP contribution in [0.25, 0.3) is 0 Å². The number of hydrogen-bond acceptors (Lipinski definition) is 3. The van der Waals surface area contributed by atoms with Crippen molar-refractivity contribution < 1.29 is 9.63 Å². The third kappa shape index (κ3) is 3.42. The van der Waals surface area contributed by atoms with Crippen LogP contribution in [0.1, 0.15) is 35.1 Å². The maximum atomic E-state index is 11.9. The Morgan fingerprint density at radius 2 is 1.95 bits per heavy atom. The summed E-state index contributed by atoms with van der Waals surface area (Å²) in [7, 11) is 0. The Morgan fingerprint density at radius 1 is 1.14 bits per heavy atom. The van der Waals surface area contributed by atoms with E-state index in [9.17, 15) is 4.79 Å². The molecule has 3 heteroatoms. The molecule has 0 aromatic heterocycles. The summed E-state index contributed by atoms with van der Waals surface area (Å²) in [5.41, 5.74) is 5.48. The van der Waals surface area contributed by atoms with Crippen LogP contribution in [-0.2, 0) is 22.5 Å². The Morgan fingerprint density at radius 3 is 2.77 bits per heavy atom. The van der Waals surface area contributed by atoms with Gasteiger partial charge in [-0.15, -0.1) is 0 Å². The predicted octanol–water partition coefficient (Wildman–Crippen LogP) is 3.82. The van der Waals surface area contributed by atoms with Gasteiger partial charge in [0.1, 0.15) is 0 Å². The van der Waals surface area contributed by atoms with Crippen LogP contribution in [0.3, 0.4) is 0 Å². The van der Waals surface area contributed by atoms with Gasteiger partial charge in [0.2, 0.25) is 0 Å². The molecule has 2 aromatic carbocycles. The molecule has 0 atom stereocenters. The Balaban J connectivity index is 1.70. The van der Waals surface area contributed by atoms with Crippen molar-refractivity contribution >= 4 is 11.7 Å². The molecule has 0 saturated carbocycles. The summed E-state index contributed by atoms with van der Waals surface area (Å²) < 4.78 is 0. The molecule has 3 rings (SSSR count). The van der Waals surface area contributed by atoms with Crippen molar-refractivity contribution in [2.75, 3.05) is 0 Å². The first-order chi connectivity index (χ1) is 10.7. The zero-order valence-corrected chi connectivity index (χ0v) is 12.7. The highest BCUT2D eigenvalue weighted by atomic mass is 16.7. The van der Waals surface area contributed by atoms with E-state index in [1.165, 1.54) is 11.1 Å². The van der Waals surface area contributed by atoms with Crippen molar-refractivity contribution in [2.45, 2.75) is 32.6 Å². The summed E-state index contributed by atoms with van der Waals surface area (Å²) in [4.78, 5) is 17.0. The largest absolute Gasteiger partial charge is 0.339 e. The molecular formula is C19H19NO2. The van der Waals surface area contributed by atoms with E-state index in [4.69, 9.17) is 4.84 Å². The third-order valence-corrected chi connectivity index (χ3v) is 3.88. The van der Waals surface area contributed by atoms with Gasteiger partial charge in [0.25, 0.3) is 0 Å². The number of fused-ring (bicyclic) bond motifs is 1. The zero-order chi connectivity index (χ0) is 15.4. The van der Waals surface area contributed by atoms with Crippen LogP contribution in [-0.4, -0.2) is 11.7 Å². The zero-order valence-electron chi connectivity index (χ0n) is 12.7. The minimum atomic E-state index is -0.321. The van der Waals surface area contributed by atoms with Crippen molar-refractivity contribution in [1.29, 1.82) is 0 Å². The highest BCUT2D eigenvalue weighted by molar-refractivity contribution is 6.02. The average molecular weight is 293 g/mol. The summed E-state index contributed by atoms with van der Waals surface area (Å²) in [6, 6.07) is 15.9. The molecule has 2 aromatic rings. The normalized spacial score (nSPS) is 15.4. The molecule has 1 aliphatic rings. The van der Waals surface area contributed by atoms with E-state index >= 15 is 0 Å². The lowest BCUT2D eigenvalue weighted by atomic mass is 9.89. The number of hydrogen-bond donors (Lipinski definition) is 0. The summed E-state index contributed by atoms with van der Waals surface area (Å²) in [5.74, 6) is -0.321. The summed E-state index contributed by atoms with van der Waals surface area (Å²) in [6.45, 7) is 2.09. The first kappa shape index (κ1) is 14.5. The standard InChI is InChI=1S/C19H19NO2/c1-14-10-11-17-16(12-14)8-5-9-18(17)20-22-19(21)13-15-6-3-2-4-7-15/h2-4,6-7,10-12H,5,8-9,13H2,1H3/b20-18+. The Labute approximate surface area is 130 Å². The van der Waals surface area contributed by atoms with Crippen molar-refractivity contribution in [2.24, 2.45) is 5.16 Å². The van der Waals surface area contributed by atoms with Crippen molar-refractivity contribution in [3.63, 3.8) is 0 Å². The highest BCUT2D eigenvalue weighted by Gasteiger charge is 2.16. The van der Waals surface area contributed by atoms with Crippen LogP contribution in [0.2, 0.25) is 0 Å². The number of nitrogens with zero attached hydrogens (tertiary/aromatic N) is 1. The minimum absolute atomic E-state index is 0.248. The second kappa shape index (κ2) is 6.56. The number of oxime groups is 1. The van der Waals surface area contributed by atoms with Gasteiger partial charge in [0, 0.05) is 5.56 Å². The van der Waals surface area contributed by atoms with E-state index in [2.05, 4.69) is 30.3 Å². The number of carbonyl (C=O) groups excluding carboxylic acids is 1. The smallest absolute Gasteiger partial charge is 0.318 e. The summed E-state index contributed by atoms with van der Waals surface area (Å²) in [5, 5.41) is 4.12. The number of rotatable bonds is 3. The first-order valence-electron chi connectivity index (χ1n) is 7.63. The van der Waals surface area contributed by atoms with E-state index in [0.717, 1.165) is 36.1 Å². The number of carbonyl (C=O) groups is 1. The average Bonchev–Trinajstić information content (AvgIpc) is 2.53. The van der Waals surface area contributed by atoms with Crippen molar-refractivity contribution in [1.82, 2.24) is 0 Å². The molecule has 0 unspecified atom stereocenters. The van der Waals surface area contributed by atoms with Gasteiger partial charge in [-0.3, -0.25) is 0 Å². The fourth-order valence-corrected chi connectivity index (χ4v) is 2.79. The molecule has 0 saturated heterocycles. The molecule has 0 heterocycles. The monoisotopic (exact) mass is 293 g/mol. The van der Waals surface area contributed by atoms with E-state index < -0.39 is 0 Å². The lowest BCUT2D eigenvalue weighted by Crippen LogP contribution is -2.14. The van der Waals surface area contributed by atoms with E-state index in [-0.39, 0.29) is 12.4 Å². The molecule has 0 aliphatic heterocycles. The van der Waals surface area contributed by atoms with E-state index in [1.807, 2.05) is 30.3 Å². The van der Waals surface area contributed by atoms with Crippen molar-refractivity contribution in [3.05, 3.63) is 70.8 Å². The molecule has 112 valence electrons. The Hall–Kier alpha value is -2.42. The quantitative estimate of drug-likeness (QED) is 0.637. The number of aryl methyl sites for hydroxylation is 2. The fraction of sp³-hybridized carbons (Fsp3) is 0.263. The SMILES string of the molecule is Cc1ccc2c(c1)CCC/C2=N\OC(=O)Cc1ccccc1. The van der Waals surface area contributed by atoms with E-state index in [0.29, 0.717) is 0 Å². The van der Waals surface area contributed by atoms with Gasteiger partial charge in [-0.25, -0.2) is 4.79 Å². The molecule has 0 fully saturated rings. The molecule has 0 radical (unpaired) electrons. The van der Waals surface area contributed by atoms with Crippen LogP contribution in [0.4, 0.5) is 0 Å². The van der Waals surface area contributed by atoms with Crippen LogP contribution >= 0.6 is 0 Å². The molecule has 0 amide bonds. The summed E-state index contributed by atoms with van der Waals surface area (Å²) >= 11 is 0. The van der Waals surface area contributed by atoms with Gasteiger partial charge >= 0.3 is 5.97 Å². The topological polar surface area (TPSA) is 38.7 Å². The minimum Gasteiger partial charge on any atom is -0.318 e. The molecule has 0 spiro atoms. The molecule has 22 heavy (non-hydrogen) atoms. The second-order valence-electron chi connectivity index (χ2n) is 5.68. The molecule has 3 nitrogen and oxygen atoms in total.